The van der Waals surface area contributed by atoms with Crippen molar-refractivity contribution in [3.8, 4) is 11.5 Å². The van der Waals surface area contributed by atoms with E-state index >= 15 is 0 Å². The van der Waals surface area contributed by atoms with Gasteiger partial charge in [-0.05, 0) is 31.2 Å². The third kappa shape index (κ3) is 2.61. The van der Waals surface area contributed by atoms with E-state index in [2.05, 4.69) is 10.3 Å². The Hall–Kier alpha value is -2.60. The Morgan fingerprint density at radius 2 is 1.78 bits per heavy atom. The molecule has 1 amide bonds. The highest BCUT2D eigenvalue weighted by Crippen LogP contribution is 2.34. The molecule has 116 valence electrons. The number of thiazole rings is 1. The highest BCUT2D eigenvalue weighted by molar-refractivity contribution is 7.22. The van der Waals surface area contributed by atoms with Gasteiger partial charge < -0.3 is 9.47 Å². The van der Waals surface area contributed by atoms with Crippen molar-refractivity contribution < 1.29 is 14.3 Å². The first-order valence-electron chi connectivity index (χ1n) is 7.29. The molecule has 3 aromatic rings. The Morgan fingerprint density at radius 1 is 1.09 bits per heavy atom. The SMILES string of the molecule is C[C@H]1Oc2ccccc2O[C@@H]1C(=O)Nc1nc2ccccc2s1. The zero-order chi connectivity index (χ0) is 15.8. The predicted molar refractivity (Wildman–Crippen MR) is 89.2 cm³/mol. The molecule has 1 aromatic heterocycles. The number of carbonyl (C=O) groups is 1. The Labute approximate surface area is 136 Å². The second-order valence-corrected chi connectivity index (χ2v) is 6.31. The van der Waals surface area contributed by atoms with Gasteiger partial charge in [-0.3, -0.25) is 10.1 Å². The lowest BCUT2D eigenvalue weighted by molar-refractivity contribution is -0.128. The fourth-order valence-electron chi connectivity index (χ4n) is 2.51. The number of ether oxygens (including phenoxy) is 2. The molecule has 0 bridgehead atoms. The summed E-state index contributed by atoms with van der Waals surface area (Å²) in [7, 11) is 0. The van der Waals surface area contributed by atoms with E-state index in [4.69, 9.17) is 9.47 Å². The number of anilines is 1. The molecule has 0 unspecified atom stereocenters. The molecular weight excluding hydrogens is 312 g/mol. The number of para-hydroxylation sites is 3. The van der Waals surface area contributed by atoms with Gasteiger partial charge in [-0.2, -0.15) is 0 Å². The van der Waals surface area contributed by atoms with Gasteiger partial charge >= 0.3 is 0 Å². The number of rotatable bonds is 2. The molecule has 0 saturated heterocycles. The topological polar surface area (TPSA) is 60.5 Å². The first kappa shape index (κ1) is 14.0. The minimum absolute atomic E-state index is 0.258. The van der Waals surface area contributed by atoms with Crippen LogP contribution in [0.3, 0.4) is 0 Å². The van der Waals surface area contributed by atoms with Crippen LogP contribution in [0.2, 0.25) is 0 Å². The predicted octanol–water partition coefficient (Wildman–Crippen LogP) is 3.46. The van der Waals surface area contributed by atoms with Crippen molar-refractivity contribution in [2.75, 3.05) is 5.32 Å². The first-order valence-corrected chi connectivity index (χ1v) is 8.11. The lowest BCUT2D eigenvalue weighted by Gasteiger charge is -2.30. The van der Waals surface area contributed by atoms with E-state index in [1.54, 1.807) is 6.07 Å². The standard InChI is InChI=1S/C17H14N2O3S/c1-10-15(22-13-8-4-3-7-12(13)21-10)16(20)19-17-18-11-6-2-5-9-14(11)23-17/h2-10,15H,1H3,(H,18,19,20)/t10-,15+/m1/s1. The molecule has 6 heteroatoms. The van der Waals surface area contributed by atoms with E-state index in [0.717, 1.165) is 10.2 Å². The molecule has 1 aliphatic heterocycles. The Kier molecular flexibility index (Phi) is 3.38. The maximum Gasteiger partial charge on any atom is 0.271 e. The van der Waals surface area contributed by atoms with Gasteiger partial charge in [0.15, 0.2) is 16.6 Å². The summed E-state index contributed by atoms with van der Waals surface area (Å²) in [4.78, 5) is 16.9. The highest BCUT2D eigenvalue weighted by Gasteiger charge is 2.34. The second-order valence-electron chi connectivity index (χ2n) is 5.28. The van der Waals surface area contributed by atoms with E-state index in [-0.39, 0.29) is 12.0 Å². The van der Waals surface area contributed by atoms with Gasteiger partial charge in [0.05, 0.1) is 10.2 Å². The summed E-state index contributed by atoms with van der Waals surface area (Å²) in [5.74, 6) is 0.977. The maximum absolute atomic E-state index is 12.5. The molecule has 4 rings (SSSR count). The number of benzene rings is 2. The highest BCUT2D eigenvalue weighted by atomic mass is 32.1. The molecule has 0 spiro atoms. The minimum atomic E-state index is -0.711. The van der Waals surface area contributed by atoms with E-state index in [1.807, 2.05) is 49.4 Å². The average Bonchev–Trinajstić information content (AvgIpc) is 2.96. The summed E-state index contributed by atoms with van der Waals surface area (Å²) in [5.41, 5.74) is 0.868. The number of amides is 1. The number of nitrogens with zero attached hydrogens (tertiary/aromatic N) is 1. The van der Waals surface area contributed by atoms with Crippen LogP contribution in [-0.4, -0.2) is 23.1 Å². The van der Waals surface area contributed by atoms with Crippen LogP contribution >= 0.6 is 11.3 Å². The first-order chi connectivity index (χ1) is 11.2. The number of fused-ring (bicyclic) bond motifs is 2. The summed E-state index contributed by atoms with van der Waals surface area (Å²) >= 11 is 1.44. The van der Waals surface area contributed by atoms with Crippen LogP contribution in [0.1, 0.15) is 6.92 Å². The molecule has 23 heavy (non-hydrogen) atoms. The van der Waals surface area contributed by atoms with Gasteiger partial charge in [-0.1, -0.05) is 35.6 Å². The summed E-state index contributed by atoms with van der Waals surface area (Å²) in [6, 6.07) is 15.1. The lowest BCUT2D eigenvalue weighted by Crippen LogP contribution is -2.46. The molecule has 0 fully saturated rings. The molecule has 0 aliphatic carbocycles. The van der Waals surface area contributed by atoms with Crippen molar-refractivity contribution in [1.82, 2.24) is 4.98 Å². The molecule has 1 N–H and O–H groups in total. The van der Waals surface area contributed by atoms with Crippen molar-refractivity contribution >= 4 is 32.6 Å². The molecule has 2 aromatic carbocycles. The van der Waals surface area contributed by atoms with Crippen LogP contribution in [0.25, 0.3) is 10.2 Å². The minimum Gasteiger partial charge on any atom is -0.482 e. The lowest BCUT2D eigenvalue weighted by atomic mass is 10.1. The summed E-state index contributed by atoms with van der Waals surface area (Å²) in [6.45, 7) is 1.82. The smallest absolute Gasteiger partial charge is 0.271 e. The third-order valence-corrected chi connectivity index (χ3v) is 4.58. The van der Waals surface area contributed by atoms with Gasteiger partial charge in [0.2, 0.25) is 6.10 Å². The zero-order valence-corrected chi connectivity index (χ0v) is 13.2. The van der Waals surface area contributed by atoms with Gasteiger partial charge in [-0.15, -0.1) is 0 Å². The Bertz CT molecular complexity index is 844. The maximum atomic E-state index is 12.5. The molecule has 5 nitrogen and oxygen atoms in total. The van der Waals surface area contributed by atoms with Crippen molar-refractivity contribution in [2.45, 2.75) is 19.1 Å². The fraction of sp³-hybridized carbons (Fsp3) is 0.176. The van der Waals surface area contributed by atoms with Crippen LogP contribution in [0, 0.1) is 0 Å². The van der Waals surface area contributed by atoms with Crippen molar-refractivity contribution in [1.29, 1.82) is 0 Å². The molecule has 0 radical (unpaired) electrons. The number of aromatic nitrogens is 1. The van der Waals surface area contributed by atoms with E-state index in [0.29, 0.717) is 16.6 Å². The number of hydrogen-bond acceptors (Lipinski definition) is 5. The average molecular weight is 326 g/mol. The van der Waals surface area contributed by atoms with E-state index in [1.165, 1.54) is 11.3 Å². The molecule has 1 aliphatic rings. The molecule has 0 saturated carbocycles. The van der Waals surface area contributed by atoms with E-state index in [9.17, 15) is 4.79 Å². The van der Waals surface area contributed by atoms with Crippen LogP contribution in [0.5, 0.6) is 11.5 Å². The fourth-order valence-corrected chi connectivity index (χ4v) is 3.38. The van der Waals surface area contributed by atoms with Gasteiger partial charge in [0.25, 0.3) is 5.91 Å². The normalized spacial score (nSPS) is 19.5. The van der Waals surface area contributed by atoms with Crippen LogP contribution in [0.4, 0.5) is 5.13 Å². The number of hydrogen-bond donors (Lipinski definition) is 1. The van der Waals surface area contributed by atoms with E-state index < -0.39 is 6.10 Å². The molecule has 2 atom stereocenters. The zero-order valence-electron chi connectivity index (χ0n) is 12.4. The van der Waals surface area contributed by atoms with Crippen molar-refractivity contribution in [3.63, 3.8) is 0 Å². The Balaban J connectivity index is 1.55. The van der Waals surface area contributed by atoms with Gasteiger partial charge in [0.1, 0.15) is 6.10 Å². The summed E-state index contributed by atoms with van der Waals surface area (Å²) in [6.07, 6.45) is -1.09. The molecule has 2 heterocycles. The van der Waals surface area contributed by atoms with Gasteiger partial charge in [-0.25, -0.2) is 4.98 Å². The van der Waals surface area contributed by atoms with Gasteiger partial charge in [0, 0.05) is 0 Å². The van der Waals surface area contributed by atoms with Crippen LogP contribution in [-0.2, 0) is 4.79 Å². The summed E-state index contributed by atoms with van der Waals surface area (Å²) < 4.78 is 12.6. The summed E-state index contributed by atoms with van der Waals surface area (Å²) in [5, 5.41) is 3.39. The third-order valence-electron chi connectivity index (χ3n) is 3.62. The van der Waals surface area contributed by atoms with Crippen LogP contribution < -0.4 is 14.8 Å². The number of nitrogens with one attached hydrogen (secondary N) is 1. The van der Waals surface area contributed by atoms with Crippen molar-refractivity contribution in [2.24, 2.45) is 0 Å². The molecular formula is C17H14N2O3S. The monoisotopic (exact) mass is 326 g/mol. The van der Waals surface area contributed by atoms with Crippen LogP contribution in [0.15, 0.2) is 48.5 Å². The quantitative estimate of drug-likeness (QED) is 0.783. The Morgan fingerprint density at radius 3 is 2.57 bits per heavy atom. The number of carbonyl (C=O) groups excluding carboxylic acids is 1. The van der Waals surface area contributed by atoms with Crippen molar-refractivity contribution in [3.05, 3.63) is 48.5 Å². The largest absolute Gasteiger partial charge is 0.482 e. The second kappa shape index (κ2) is 5.55.